The molecule has 1 aromatic rings. The number of halogens is 1. The summed E-state index contributed by atoms with van der Waals surface area (Å²) in [7, 11) is 6.18. The number of aromatic nitrogens is 1. The average Bonchev–Trinajstić information content (AvgIpc) is 2.36. The molecule has 110 valence electrons. The second-order valence-corrected chi connectivity index (χ2v) is 5.07. The Bertz CT molecular complexity index is 340. The number of likely N-dealkylation sites (N-methyl/N-ethyl adjacent to an activating group) is 2. The molecule has 0 bridgehead atoms. The first-order chi connectivity index (χ1) is 8.54. The average molecular weight is 287 g/mol. The van der Waals surface area contributed by atoms with Gasteiger partial charge >= 0.3 is 0 Å². The van der Waals surface area contributed by atoms with Gasteiger partial charge in [0.1, 0.15) is 5.82 Å². The molecule has 1 rings (SSSR count). The Morgan fingerprint density at radius 2 is 1.95 bits per heavy atom. The van der Waals surface area contributed by atoms with Crippen molar-refractivity contribution >= 4 is 18.2 Å². The maximum atomic E-state index is 4.52. The zero-order valence-electron chi connectivity index (χ0n) is 12.7. The monoisotopic (exact) mass is 286 g/mol. The van der Waals surface area contributed by atoms with Gasteiger partial charge in [-0.2, -0.15) is 0 Å². The number of pyridine rings is 1. The van der Waals surface area contributed by atoms with Gasteiger partial charge in [0.15, 0.2) is 0 Å². The highest BCUT2D eigenvalue weighted by atomic mass is 35.5. The molecular formula is C14H27ClN4. The summed E-state index contributed by atoms with van der Waals surface area (Å²) < 4.78 is 0. The Labute approximate surface area is 123 Å². The molecule has 0 aliphatic heterocycles. The van der Waals surface area contributed by atoms with Crippen LogP contribution in [0.3, 0.4) is 0 Å². The molecule has 0 saturated carbocycles. The molecule has 1 N–H and O–H groups in total. The van der Waals surface area contributed by atoms with Crippen LogP contribution < -0.4 is 10.2 Å². The van der Waals surface area contributed by atoms with Crippen molar-refractivity contribution in [3.63, 3.8) is 0 Å². The van der Waals surface area contributed by atoms with Crippen molar-refractivity contribution in [2.45, 2.75) is 26.4 Å². The van der Waals surface area contributed by atoms with Crippen molar-refractivity contribution in [3.8, 4) is 0 Å². The zero-order valence-corrected chi connectivity index (χ0v) is 13.5. The number of anilines is 1. The third kappa shape index (κ3) is 6.23. The van der Waals surface area contributed by atoms with Gasteiger partial charge in [0.2, 0.25) is 0 Å². The summed E-state index contributed by atoms with van der Waals surface area (Å²) >= 11 is 0. The SMILES string of the molecule is CNCCN(C)Cc1ccc(N(C)C(C)C)nc1.Cl. The molecule has 1 aromatic heterocycles. The number of hydrogen-bond donors (Lipinski definition) is 1. The van der Waals surface area contributed by atoms with Gasteiger partial charge in [-0.25, -0.2) is 4.98 Å². The first-order valence-electron chi connectivity index (χ1n) is 6.55. The van der Waals surface area contributed by atoms with Crippen LogP contribution in [0.2, 0.25) is 0 Å². The molecule has 0 aromatic carbocycles. The summed E-state index contributed by atoms with van der Waals surface area (Å²) in [5.74, 6) is 1.03. The standard InChI is InChI=1S/C14H26N4.ClH/c1-12(2)18(5)14-7-6-13(10-16-14)11-17(4)9-8-15-3;/h6-7,10,12,15H,8-9,11H2,1-5H3;1H. The van der Waals surface area contributed by atoms with Gasteiger partial charge in [-0.1, -0.05) is 6.07 Å². The van der Waals surface area contributed by atoms with E-state index in [-0.39, 0.29) is 12.4 Å². The molecular weight excluding hydrogens is 260 g/mol. The van der Waals surface area contributed by atoms with Crippen molar-refractivity contribution < 1.29 is 0 Å². The molecule has 0 radical (unpaired) electrons. The fraction of sp³-hybridized carbons (Fsp3) is 0.643. The summed E-state index contributed by atoms with van der Waals surface area (Å²) in [6, 6.07) is 4.74. The fourth-order valence-corrected chi connectivity index (χ4v) is 1.68. The van der Waals surface area contributed by atoms with Crippen LogP contribution in [0, 0.1) is 0 Å². The maximum absolute atomic E-state index is 4.52. The van der Waals surface area contributed by atoms with E-state index in [1.54, 1.807) is 0 Å². The Morgan fingerprint density at radius 1 is 1.26 bits per heavy atom. The fourth-order valence-electron chi connectivity index (χ4n) is 1.68. The molecule has 0 atom stereocenters. The summed E-state index contributed by atoms with van der Waals surface area (Å²) in [5.41, 5.74) is 1.26. The van der Waals surface area contributed by atoms with E-state index in [0.29, 0.717) is 6.04 Å². The van der Waals surface area contributed by atoms with Crippen LogP contribution in [0.5, 0.6) is 0 Å². The predicted octanol–water partition coefficient (Wildman–Crippen LogP) is 2.00. The van der Waals surface area contributed by atoms with Crippen molar-refractivity contribution in [2.24, 2.45) is 0 Å². The van der Waals surface area contributed by atoms with Crippen LogP contribution >= 0.6 is 12.4 Å². The number of nitrogens with one attached hydrogen (secondary N) is 1. The second kappa shape index (κ2) is 9.13. The van der Waals surface area contributed by atoms with E-state index in [0.717, 1.165) is 25.5 Å². The van der Waals surface area contributed by atoms with Gasteiger partial charge in [0.25, 0.3) is 0 Å². The molecule has 19 heavy (non-hydrogen) atoms. The molecule has 0 aliphatic rings. The highest BCUT2D eigenvalue weighted by Gasteiger charge is 2.06. The van der Waals surface area contributed by atoms with E-state index < -0.39 is 0 Å². The van der Waals surface area contributed by atoms with Gasteiger partial charge in [-0.3, -0.25) is 0 Å². The van der Waals surface area contributed by atoms with Crippen LogP contribution in [-0.2, 0) is 6.54 Å². The van der Waals surface area contributed by atoms with Crippen LogP contribution in [0.15, 0.2) is 18.3 Å². The van der Waals surface area contributed by atoms with Crippen LogP contribution in [-0.4, -0.2) is 50.2 Å². The predicted molar refractivity (Wildman–Crippen MR) is 85.3 cm³/mol. The lowest BCUT2D eigenvalue weighted by Gasteiger charge is -2.23. The van der Waals surface area contributed by atoms with E-state index in [9.17, 15) is 0 Å². The Kier molecular flexibility index (Phi) is 8.72. The van der Waals surface area contributed by atoms with Crippen molar-refractivity contribution in [2.75, 3.05) is 39.1 Å². The van der Waals surface area contributed by atoms with Gasteiger partial charge in [0, 0.05) is 38.9 Å². The summed E-state index contributed by atoms with van der Waals surface area (Å²) in [5, 5.41) is 3.16. The Morgan fingerprint density at radius 3 is 2.42 bits per heavy atom. The highest BCUT2D eigenvalue weighted by Crippen LogP contribution is 2.12. The van der Waals surface area contributed by atoms with Gasteiger partial charge in [-0.15, -0.1) is 12.4 Å². The third-order valence-corrected chi connectivity index (χ3v) is 3.14. The summed E-state index contributed by atoms with van der Waals surface area (Å²) in [6.45, 7) is 7.34. The molecule has 0 saturated heterocycles. The molecule has 4 nitrogen and oxygen atoms in total. The number of rotatable bonds is 7. The minimum Gasteiger partial charge on any atom is -0.357 e. The minimum atomic E-state index is 0. The zero-order chi connectivity index (χ0) is 13.5. The molecule has 0 unspecified atom stereocenters. The smallest absolute Gasteiger partial charge is 0.128 e. The summed E-state index contributed by atoms with van der Waals surface area (Å²) in [6.07, 6.45) is 1.98. The van der Waals surface area contributed by atoms with E-state index >= 15 is 0 Å². The van der Waals surface area contributed by atoms with Crippen molar-refractivity contribution in [1.82, 2.24) is 15.2 Å². The molecule has 0 spiro atoms. The molecule has 0 fully saturated rings. The third-order valence-electron chi connectivity index (χ3n) is 3.14. The van der Waals surface area contributed by atoms with E-state index in [4.69, 9.17) is 0 Å². The Hall–Kier alpha value is -0.840. The Balaban J connectivity index is 0.00000324. The highest BCUT2D eigenvalue weighted by molar-refractivity contribution is 5.85. The lowest BCUT2D eigenvalue weighted by atomic mass is 10.2. The second-order valence-electron chi connectivity index (χ2n) is 5.07. The van der Waals surface area contributed by atoms with Crippen LogP contribution in [0.25, 0.3) is 0 Å². The van der Waals surface area contributed by atoms with Gasteiger partial charge < -0.3 is 15.1 Å². The lowest BCUT2D eigenvalue weighted by molar-refractivity contribution is 0.328. The minimum absolute atomic E-state index is 0. The van der Waals surface area contributed by atoms with E-state index in [2.05, 4.69) is 60.2 Å². The van der Waals surface area contributed by atoms with Gasteiger partial charge in [0.05, 0.1) is 0 Å². The normalized spacial score (nSPS) is 10.7. The molecule has 1 heterocycles. The van der Waals surface area contributed by atoms with Crippen molar-refractivity contribution in [1.29, 1.82) is 0 Å². The van der Waals surface area contributed by atoms with E-state index in [1.165, 1.54) is 5.56 Å². The van der Waals surface area contributed by atoms with Crippen LogP contribution in [0.4, 0.5) is 5.82 Å². The maximum Gasteiger partial charge on any atom is 0.128 e. The first-order valence-corrected chi connectivity index (χ1v) is 6.55. The largest absolute Gasteiger partial charge is 0.357 e. The van der Waals surface area contributed by atoms with Crippen molar-refractivity contribution in [3.05, 3.63) is 23.9 Å². The molecule has 0 aliphatic carbocycles. The molecule has 0 amide bonds. The van der Waals surface area contributed by atoms with E-state index in [1.807, 2.05) is 13.2 Å². The number of hydrogen-bond acceptors (Lipinski definition) is 4. The first kappa shape index (κ1) is 18.2. The summed E-state index contributed by atoms with van der Waals surface area (Å²) in [4.78, 5) is 8.98. The molecule has 5 heteroatoms. The van der Waals surface area contributed by atoms with Gasteiger partial charge in [-0.05, 0) is 39.6 Å². The lowest BCUT2D eigenvalue weighted by Crippen LogP contribution is -2.27. The van der Waals surface area contributed by atoms with Crippen LogP contribution in [0.1, 0.15) is 19.4 Å². The number of nitrogens with zero attached hydrogens (tertiary/aromatic N) is 3. The quantitative estimate of drug-likeness (QED) is 0.831. The topological polar surface area (TPSA) is 31.4 Å².